The molecule has 1 heterocycles. The number of thioether (sulfide) groups is 1. The van der Waals surface area contributed by atoms with Crippen molar-refractivity contribution in [3.63, 3.8) is 0 Å². The normalized spacial score (nSPS) is 12.6. The lowest BCUT2D eigenvalue weighted by atomic mass is 10.2. The topological polar surface area (TPSA) is 12.0 Å². The van der Waals surface area contributed by atoms with Crippen molar-refractivity contribution in [3.8, 4) is 0 Å². The summed E-state index contributed by atoms with van der Waals surface area (Å²) in [4.78, 5) is 2.54. The molecule has 0 amide bonds. The molecule has 1 atom stereocenters. The summed E-state index contributed by atoms with van der Waals surface area (Å²) in [5.41, 5.74) is 0. The molecule has 1 nitrogen and oxygen atoms in total. The first-order valence-corrected chi connectivity index (χ1v) is 9.00. The predicted octanol–water partition coefficient (Wildman–Crippen LogP) is 5.09. The second-order valence-electron chi connectivity index (χ2n) is 4.16. The molecule has 0 saturated carbocycles. The average molecular weight is 377 g/mol. The van der Waals surface area contributed by atoms with Crippen LogP contribution in [0.1, 0.15) is 4.88 Å². The van der Waals surface area contributed by atoms with Crippen molar-refractivity contribution in [2.45, 2.75) is 17.4 Å². The van der Waals surface area contributed by atoms with Crippen molar-refractivity contribution >= 4 is 50.6 Å². The van der Waals surface area contributed by atoms with E-state index in [4.69, 9.17) is 11.6 Å². The summed E-state index contributed by atoms with van der Waals surface area (Å²) in [6, 6.07) is 10.6. The second-order valence-corrected chi connectivity index (χ2v) is 7.54. The number of thiophene rings is 1. The molecule has 5 heteroatoms. The molecule has 102 valence electrons. The zero-order valence-electron chi connectivity index (χ0n) is 10.5. The molecule has 0 aliphatic heterocycles. The Labute approximate surface area is 135 Å². The largest absolute Gasteiger partial charge is 0.316 e. The molecule has 0 saturated heterocycles. The fourth-order valence-corrected chi connectivity index (χ4v) is 4.58. The van der Waals surface area contributed by atoms with E-state index in [0.29, 0.717) is 6.04 Å². The maximum absolute atomic E-state index is 6.17. The average Bonchev–Trinajstić information content (AvgIpc) is 2.81. The van der Waals surface area contributed by atoms with E-state index in [1.807, 2.05) is 25.2 Å². The van der Waals surface area contributed by atoms with Crippen molar-refractivity contribution in [2.24, 2.45) is 0 Å². The van der Waals surface area contributed by atoms with Crippen LogP contribution in [0.5, 0.6) is 0 Å². The Morgan fingerprint density at radius 3 is 2.84 bits per heavy atom. The maximum atomic E-state index is 6.17. The number of likely N-dealkylation sites (N-methyl/N-ethyl adjacent to an activating group) is 1. The van der Waals surface area contributed by atoms with Gasteiger partial charge in [-0.15, -0.1) is 23.1 Å². The van der Waals surface area contributed by atoms with Crippen LogP contribution in [0.25, 0.3) is 0 Å². The minimum Gasteiger partial charge on any atom is -0.316 e. The van der Waals surface area contributed by atoms with Gasteiger partial charge in [0, 0.05) is 31.4 Å². The predicted molar refractivity (Wildman–Crippen MR) is 90.7 cm³/mol. The molecular weight excluding hydrogens is 362 g/mol. The summed E-state index contributed by atoms with van der Waals surface area (Å²) in [7, 11) is 2.01. The van der Waals surface area contributed by atoms with Gasteiger partial charge in [0.25, 0.3) is 0 Å². The molecule has 0 radical (unpaired) electrons. The van der Waals surface area contributed by atoms with Gasteiger partial charge in [-0.2, -0.15) is 0 Å². The number of rotatable bonds is 6. The minimum absolute atomic E-state index is 0.451. The summed E-state index contributed by atoms with van der Waals surface area (Å²) >= 11 is 13.3. The van der Waals surface area contributed by atoms with Gasteiger partial charge in [0.05, 0.1) is 5.02 Å². The Bertz CT molecular complexity index is 530. The summed E-state index contributed by atoms with van der Waals surface area (Å²) in [5, 5.41) is 6.34. The molecule has 1 N–H and O–H groups in total. The molecule has 19 heavy (non-hydrogen) atoms. The molecule has 0 aliphatic carbocycles. The molecule has 2 aromatic rings. The van der Waals surface area contributed by atoms with E-state index in [-0.39, 0.29) is 0 Å². The Hall–Kier alpha value is -0.0000000000000000833. The van der Waals surface area contributed by atoms with Crippen molar-refractivity contribution in [1.29, 1.82) is 0 Å². The molecule has 0 bridgehead atoms. The van der Waals surface area contributed by atoms with Crippen molar-refractivity contribution in [3.05, 3.63) is 50.1 Å². The van der Waals surface area contributed by atoms with E-state index in [0.717, 1.165) is 22.1 Å². The summed E-state index contributed by atoms with van der Waals surface area (Å²) < 4.78 is 1.17. The minimum atomic E-state index is 0.451. The van der Waals surface area contributed by atoms with Gasteiger partial charge >= 0.3 is 0 Å². The Kier molecular flexibility index (Phi) is 6.23. The van der Waals surface area contributed by atoms with Crippen molar-refractivity contribution in [1.82, 2.24) is 5.32 Å². The third-order valence-corrected chi connectivity index (χ3v) is 6.15. The lowest BCUT2D eigenvalue weighted by Crippen LogP contribution is -2.29. The first-order valence-electron chi connectivity index (χ1n) is 5.96. The Balaban J connectivity index is 1.91. The van der Waals surface area contributed by atoms with Gasteiger partial charge in [-0.1, -0.05) is 23.7 Å². The highest BCUT2D eigenvalue weighted by atomic mass is 79.9. The Morgan fingerprint density at radius 1 is 1.42 bits per heavy atom. The fourth-order valence-electron chi connectivity index (χ4n) is 1.70. The van der Waals surface area contributed by atoms with E-state index in [1.54, 1.807) is 23.1 Å². The van der Waals surface area contributed by atoms with E-state index in [9.17, 15) is 0 Å². The van der Waals surface area contributed by atoms with E-state index in [2.05, 4.69) is 38.8 Å². The summed E-state index contributed by atoms with van der Waals surface area (Å²) in [6.45, 7) is 0. The highest BCUT2D eigenvalue weighted by Gasteiger charge is 2.10. The van der Waals surface area contributed by atoms with Gasteiger partial charge in [0.2, 0.25) is 0 Å². The van der Waals surface area contributed by atoms with Gasteiger partial charge in [-0.25, -0.2) is 0 Å². The van der Waals surface area contributed by atoms with Crippen LogP contribution in [0.2, 0.25) is 5.02 Å². The smallest absolute Gasteiger partial charge is 0.0541 e. The van der Waals surface area contributed by atoms with Crippen LogP contribution < -0.4 is 5.32 Å². The molecule has 0 fully saturated rings. The molecule has 0 spiro atoms. The highest BCUT2D eigenvalue weighted by Crippen LogP contribution is 2.28. The molecule has 2 rings (SSSR count). The SMILES string of the molecule is CNC(CSc1ccccc1Cl)Cc1cc(Br)cs1. The van der Waals surface area contributed by atoms with Gasteiger partial charge in [0.1, 0.15) is 0 Å². The van der Waals surface area contributed by atoms with E-state index in [1.165, 1.54) is 9.35 Å². The zero-order valence-corrected chi connectivity index (χ0v) is 14.5. The Morgan fingerprint density at radius 2 is 2.21 bits per heavy atom. The fraction of sp³-hybridized carbons (Fsp3) is 0.286. The van der Waals surface area contributed by atoms with Crippen molar-refractivity contribution in [2.75, 3.05) is 12.8 Å². The van der Waals surface area contributed by atoms with Gasteiger partial charge < -0.3 is 5.32 Å². The van der Waals surface area contributed by atoms with Gasteiger partial charge in [-0.05, 0) is 47.6 Å². The number of hydrogen-bond acceptors (Lipinski definition) is 3. The molecular formula is C14H15BrClNS2. The maximum Gasteiger partial charge on any atom is 0.0541 e. The zero-order chi connectivity index (χ0) is 13.7. The molecule has 1 unspecified atom stereocenters. The van der Waals surface area contributed by atoms with Gasteiger partial charge in [-0.3, -0.25) is 0 Å². The van der Waals surface area contributed by atoms with Gasteiger partial charge in [0.15, 0.2) is 0 Å². The summed E-state index contributed by atoms with van der Waals surface area (Å²) in [5.74, 6) is 1.01. The van der Waals surface area contributed by atoms with Crippen LogP contribution in [0.3, 0.4) is 0 Å². The molecule has 1 aromatic heterocycles. The lowest BCUT2D eigenvalue weighted by Gasteiger charge is -2.15. The standard InChI is InChI=1S/C14H15BrClNS2/c1-17-11(7-12-6-10(15)8-18-12)9-19-14-5-3-2-4-13(14)16/h2-6,8,11,17H,7,9H2,1H3. The van der Waals surface area contributed by atoms with E-state index < -0.39 is 0 Å². The third-order valence-electron chi connectivity index (χ3n) is 2.75. The molecule has 1 aromatic carbocycles. The monoisotopic (exact) mass is 375 g/mol. The first kappa shape index (κ1) is 15.4. The van der Waals surface area contributed by atoms with Crippen LogP contribution in [-0.4, -0.2) is 18.8 Å². The highest BCUT2D eigenvalue weighted by molar-refractivity contribution is 9.10. The van der Waals surface area contributed by atoms with Crippen LogP contribution in [0.4, 0.5) is 0 Å². The summed E-state index contributed by atoms with van der Waals surface area (Å²) in [6.07, 6.45) is 1.05. The number of nitrogens with one attached hydrogen (secondary N) is 1. The second kappa shape index (κ2) is 7.70. The number of halogens is 2. The van der Waals surface area contributed by atoms with Crippen molar-refractivity contribution < 1.29 is 0 Å². The van der Waals surface area contributed by atoms with Crippen LogP contribution in [0.15, 0.2) is 45.1 Å². The first-order chi connectivity index (χ1) is 9.19. The van der Waals surface area contributed by atoms with Crippen LogP contribution >= 0.6 is 50.6 Å². The van der Waals surface area contributed by atoms with E-state index >= 15 is 0 Å². The third kappa shape index (κ3) is 4.80. The molecule has 0 aliphatic rings. The number of hydrogen-bond donors (Lipinski definition) is 1. The lowest BCUT2D eigenvalue weighted by molar-refractivity contribution is 0.622. The quantitative estimate of drug-likeness (QED) is 0.705. The van der Waals surface area contributed by atoms with Crippen LogP contribution in [0, 0.1) is 0 Å². The van der Waals surface area contributed by atoms with Crippen LogP contribution in [-0.2, 0) is 6.42 Å². The number of benzene rings is 1.